The van der Waals surface area contributed by atoms with Crippen molar-refractivity contribution in [3.05, 3.63) is 34.4 Å². The van der Waals surface area contributed by atoms with Crippen molar-refractivity contribution in [2.75, 3.05) is 30.0 Å². The number of hydrogen-bond donors (Lipinski definition) is 2. The minimum absolute atomic E-state index is 0.0242. The molecule has 0 fully saturated rings. The summed E-state index contributed by atoms with van der Waals surface area (Å²) in [4.78, 5) is 47.9. The zero-order valence-corrected chi connectivity index (χ0v) is 15.8. The van der Waals surface area contributed by atoms with Crippen molar-refractivity contribution < 1.29 is 33.8 Å². The second-order valence-electron chi connectivity index (χ2n) is 4.56. The van der Waals surface area contributed by atoms with Gasteiger partial charge in [-0.05, 0) is 24.3 Å². The molecule has 0 unspecified atom stereocenters. The van der Waals surface area contributed by atoms with Crippen molar-refractivity contribution in [2.45, 2.75) is 6.92 Å². The zero-order chi connectivity index (χ0) is 20.1. The Morgan fingerprint density at radius 3 is 2.30 bits per heavy atom. The standard InChI is InChI=1S/C14H17N3O8S2/c1-10(18)15-11-2-4-12(5-3-11)25-14(20)16-13(19)23-6-8-26-27-9-7-24-17(21)22/h2-5H,6-9H2,1H3,(H,15,18)(H,16,19,20). The third-order valence-corrected chi connectivity index (χ3v) is 4.77. The molecule has 0 aliphatic rings. The first-order valence-corrected chi connectivity index (χ1v) is 9.90. The highest BCUT2D eigenvalue weighted by molar-refractivity contribution is 8.76. The summed E-state index contributed by atoms with van der Waals surface area (Å²) in [5.74, 6) is 0.783. The highest BCUT2D eigenvalue weighted by Gasteiger charge is 2.11. The molecule has 0 bridgehead atoms. The van der Waals surface area contributed by atoms with Crippen LogP contribution in [0.3, 0.4) is 0 Å². The molecule has 0 aliphatic carbocycles. The van der Waals surface area contributed by atoms with Gasteiger partial charge in [-0.25, -0.2) is 14.9 Å². The lowest BCUT2D eigenvalue weighted by atomic mass is 10.3. The van der Waals surface area contributed by atoms with Gasteiger partial charge in [0.1, 0.15) is 19.0 Å². The van der Waals surface area contributed by atoms with Crippen LogP contribution in [0.4, 0.5) is 15.3 Å². The lowest BCUT2D eigenvalue weighted by molar-refractivity contribution is -0.756. The summed E-state index contributed by atoms with van der Waals surface area (Å²) < 4.78 is 9.68. The largest absolute Gasteiger partial charge is 0.448 e. The Morgan fingerprint density at radius 1 is 1.07 bits per heavy atom. The molecule has 1 aromatic carbocycles. The number of alkyl carbamates (subject to hydrolysis) is 1. The molecular formula is C14H17N3O8S2. The molecule has 0 heterocycles. The van der Waals surface area contributed by atoms with Crippen LogP contribution in [0.1, 0.15) is 6.92 Å². The Kier molecular flexibility index (Phi) is 10.5. The average Bonchev–Trinajstić information content (AvgIpc) is 2.58. The van der Waals surface area contributed by atoms with Gasteiger partial charge >= 0.3 is 12.2 Å². The van der Waals surface area contributed by atoms with E-state index in [4.69, 9.17) is 9.47 Å². The smallest absolute Gasteiger partial charge is 0.422 e. The van der Waals surface area contributed by atoms with Gasteiger partial charge in [-0.2, -0.15) is 0 Å². The van der Waals surface area contributed by atoms with E-state index < -0.39 is 17.3 Å². The van der Waals surface area contributed by atoms with E-state index in [0.717, 1.165) is 0 Å². The number of imide groups is 1. The first kappa shape index (κ1) is 22.4. The third kappa shape index (κ3) is 11.5. The molecule has 0 saturated heterocycles. The van der Waals surface area contributed by atoms with Gasteiger partial charge in [-0.3, -0.25) is 4.79 Å². The Morgan fingerprint density at radius 2 is 1.70 bits per heavy atom. The predicted octanol–water partition coefficient (Wildman–Crippen LogP) is 2.46. The third-order valence-electron chi connectivity index (χ3n) is 2.44. The van der Waals surface area contributed by atoms with Crippen molar-refractivity contribution in [2.24, 2.45) is 0 Å². The Bertz CT molecular complexity index is 656. The van der Waals surface area contributed by atoms with E-state index in [2.05, 4.69) is 10.2 Å². The maximum atomic E-state index is 11.6. The molecule has 27 heavy (non-hydrogen) atoms. The normalized spacial score (nSPS) is 9.81. The molecule has 0 aliphatic heterocycles. The first-order valence-electron chi connectivity index (χ1n) is 7.42. The number of ether oxygens (including phenoxy) is 2. The molecule has 0 radical (unpaired) electrons. The van der Waals surface area contributed by atoms with Crippen molar-refractivity contribution in [1.29, 1.82) is 0 Å². The number of rotatable bonds is 10. The lowest BCUT2D eigenvalue weighted by Crippen LogP contribution is -2.33. The van der Waals surface area contributed by atoms with Gasteiger partial charge in [0.05, 0.1) is 0 Å². The number of amides is 3. The highest BCUT2D eigenvalue weighted by Crippen LogP contribution is 2.20. The Hall–Kier alpha value is -2.67. The minimum atomic E-state index is -1.01. The highest BCUT2D eigenvalue weighted by atomic mass is 33.1. The fraction of sp³-hybridized carbons (Fsp3) is 0.357. The lowest BCUT2D eigenvalue weighted by Gasteiger charge is -2.07. The van der Waals surface area contributed by atoms with Gasteiger partial charge in [0.25, 0.3) is 5.09 Å². The van der Waals surface area contributed by atoms with Gasteiger partial charge in [0, 0.05) is 24.1 Å². The fourth-order valence-corrected chi connectivity index (χ4v) is 3.14. The van der Waals surface area contributed by atoms with Gasteiger partial charge < -0.3 is 19.6 Å². The van der Waals surface area contributed by atoms with Gasteiger partial charge in [0.2, 0.25) is 5.91 Å². The number of nitrogens with zero attached hydrogens (tertiary/aromatic N) is 1. The van der Waals surface area contributed by atoms with E-state index in [1.165, 1.54) is 52.8 Å². The van der Waals surface area contributed by atoms with Crippen LogP contribution in [0, 0.1) is 10.1 Å². The molecule has 0 aromatic heterocycles. The topological polar surface area (TPSA) is 146 Å². The van der Waals surface area contributed by atoms with Crippen molar-refractivity contribution in [3.8, 4) is 5.75 Å². The van der Waals surface area contributed by atoms with E-state index in [9.17, 15) is 24.5 Å². The van der Waals surface area contributed by atoms with Crippen molar-refractivity contribution >= 4 is 45.4 Å². The summed E-state index contributed by atoms with van der Waals surface area (Å²) in [6, 6.07) is 5.97. The first-order chi connectivity index (χ1) is 12.9. The summed E-state index contributed by atoms with van der Waals surface area (Å²) in [7, 11) is 2.66. The van der Waals surface area contributed by atoms with E-state index in [-0.39, 0.29) is 24.9 Å². The number of carbonyl (C=O) groups excluding carboxylic acids is 3. The SMILES string of the molecule is CC(=O)Nc1ccc(OC(=O)NC(=O)OCCSSCCO[N+](=O)[O-])cc1. The van der Waals surface area contributed by atoms with Crippen LogP contribution < -0.4 is 15.4 Å². The number of nitrogens with one attached hydrogen (secondary N) is 2. The minimum Gasteiger partial charge on any atom is -0.448 e. The van der Waals surface area contributed by atoms with Gasteiger partial charge in [-0.15, -0.1) is 10.1 Å². The molecule has 0 atom stereocenters. The molecule has 0 spiro atoms. The Labute approximate surface area is 162 Å². The van der Waals surface area contributed by atoms with Crippen molar-refractivity contribution in [3.63, 3.8) is 0 Å². The molecule has 2 N–H and O–H groups in total. The summed E-state index contributed by atoms with van der Waals surface area (Å²) in [6.07, 6.45) is -1.97. The number of hydrogen-bond acceptors (Lipinski definition) is 10. The number of carbonyl (C=O) groups is 3. The second-order valence-corrected chi connectivity index (χ2v) is 7.26. The van der Waals surface area contributed by atoms with Gasteiger partial charge in [0.15, 0.2) is 0 Å². The van der Waals surface area contributed by atoms with Crippen LogP contribution in [-0.4, -0.2) is 47.9 Å². The van der Waals surface area contributed by atoms with Crippen LogP contribution in [-0.2, 0) is 14.4 Å². The zero-order valence-electron chi connectivity index (χ0n) is 14.2. The summed E-state index contributed by atoms with van der Waals surface area (Å²) in [5, 5.41) is 13.5. The van der Waals surface area contributed by atoms with Crippen molar-refractivity contribution in [1.82, 2.24) is 5.32 Å². The van der Waals surface area contributed by atoms with E-state index in [0.29, 0.717) is 17.2 Å². The van der Waals surface area contributed by atoms with Crippen LogP contribution in [0.25, 0.3) is 0 Å². The summed E-state index contributed by atoms with van der Waals surface area (Å²) in [5.41, 5.74) is 0.537. The van der Waals surface area contributed by atoms with E-state index in [1.54, 1.807) is 0 Å². The Balaban J connectivity index is 2.14. The number of anilines is 1. The predicted molar refractivity (Wildman–Crippen MR) is 99.1 cm³/mol. The van der Waals surface area contributed by atoms with E-state index in [1.807, 2.05) is 5.32 Å². The fourth-order valence-electron chi connectivity index (χ4n) is 1.49. The van der Waals surface area contributed by atoms with E-state index >= 15 is 0 Å². The number of benzene rings is 1. The van der Waals surface area contributed by atoms with Crippen LogP contribution >= 0.6 is 21.6 Å². The van der Waals surface area contributed by atoms with Crippen LogP contribution in [0.15, 0.2) is 24.3 Å². The molecule has 13 heteroatoms. The average molecular weight is 419 g/mol. The second kappa shape index (κ2) is 12.6. The maximum Gasteiger partial charge on any atom is 0.422 e. The maximum absolute atomic E-state index is 11.6. The molecule has 3 amide bonds. The monoisotopic (exact) mass is 419 g/mol. The quantitative estimate of drug-likeness (QED) is 0.251. The molecule has 148 valence electrons. The molecule has 1 aromatic rings. The van der Waals surface area contributed by atoms with Gasteiger partial charge in [-0.1, -0.05) is 21.6 Å². The molecule has 11 nitrogen and oxygen atoms in total. The molecule has 0 saturated carbocycles. The van der Waals surface area contributed by atoms with Crippen LogP contribution in [0.5, 0.6) is 5.75 Å². The molecular weight excluding hydrogens is 402 g/mol. The summed E-state index contributed by atoms with van der Waals surface area (Å²) >= 11 is 0. The summed E-state index contributed by atoms with van der Waals surface area (Å²) in [6.45, 7) is 1.38. The van der Waals surface area contributed by atoms with Crippen LogP contribution in [0.2, 0.25) is 0 Å². The molecule has 1 rings (SSSR count).